The Hall–Kier alpha value is -2.85. The van der Waals surface area contributed by atoms with E-state index < -0.39 is 17.6 Å². The van der Waals surface area contributed by atoms with Gasteiger partial charge in [0.15, 0.2) is 5.65 Å². The number of carbonyl (C=O) groups excluding carboxylic acids is 1. The zero-order chi connectivity index (χ0) is 23.0. The number of aromatic nitrogens is 4. The van der Waals surface area contributed by atoms with E-state index in [0.29, 0.717) is 16.2 Å². The van der Waals surface area contributed by atoms with E-state index in [1.165, 1.54) is 6.07 Å². The molecular weight excluding hydrogens is 463 g/mol. The summed E-state index contributed by atoms with van der Waals surface area (Å²) in [5, 5.41) is 11.2. The average molecular weight is 480 g/mol. The van der Waals surface area contributed by atoms with Crippen molar-refractivity contribution in [3.8, 4) is 0 Å². The first-order valence-corrected chi connectivity index (χ1v) is 10.9. The van der Waals surface area contributed by atoms with Crippen molar-refractivity contribution >= 4 is 51.6 Å². The fourth-order valence-corrected chi connectivity index (χ4v) is 4.17. The number of carbonyl (C=O) groups is 1. The number of anilines is 1. The lowest BCUT2D eigenvalue weighted by atomic mass is 10.1. The molecule has 1 N–H and O–H groups in total. The summed E-state index contributed by atoms with van der Waals surface area (Å²) in [4.78, 5) is 17.0. The summed E-state index contributed by atoms with van der Waals surface area (Å²) in [6.45, 7) is 3.99. The minimum atomic E-state index is -4.65. The normalized spacial score (nSPS) is 12.1. The number of hydrogen-bond donors (Lipinski definition) is 1. The lowest BCUT2D eigenvalue weighted by Gasteiger charge is -2.14. The third-order valence-electron chi connectivity index (χ3n) is 4.64. The van der Waals surface area contributed by atoms with Gasteiger partial charge in [0.05, 0.1) is 28.0 Å². The van der Waals surface area contributed by atoms with Crippen LogP contribution in [0.4, 0.5) is 18.9 Å². The van der Waals surface area contributed by atoms with E-state index in [0.717, 1.165) is 35.2 Å². The van der Waals surface area contributed by atoms with Crippen LogP contribution in [0, 0.1) is 0 Å². The maximum Gasteiger partial charge on any atom is 0.418 e. The molecule has 0 spiro atoms. The van der Waals surface area contributed by atoms with Crippen LogP contribution >= 0.6 is 23.4 Å². The van der Waals surface area contributed by atoms with E-state index in [4.69, 9.17) is 11.6 Å². The minimum Gasteiger partial charge on any atom is -0.325 e. The van der Waals surface area contributed by atoms with Gasteiger partial charge in [0.2, 0.25) is 5.91 Å². The molecule has 0 unspecified atom stereocenters. The number of amides is 1. The fourth-order valence-electron chi connectivity index (χ4n) is 3.23. The standard InChI is InChI=1S/C21H17ClF3N5OS/c1-11(2)18-28-29-19-20(27-15-5-3-4-6-16(15)30(18)19)32-10-17(31)26-14-8-7-12(22)9-13(14)21(23,24)25/h3-9,11H,10H2,1-2H3,(H,26,31). The number of fused-ring (bicyclic) bond motifs is 3. The highest BCUT2D eigenvalue weighted by atomic mass is 35.5. The number of para-hydroxylation sites is 2. The number of hydrogen-bond acceptors (Lipinski definition) is 5. The van der Waals surface area contributed by atoms with E-state index in [1.807, 2.05) is 42.5 Å². The van der Waals surface area contributed by atoms with E-state index >= 15 is 0 Å². The molecule has 6 nitrogen and oxygen atoms in total. The Morgan fingerprint density at radius 1 is 1.19 bits per heavy atom. The molecule has 2 heterocycles. The zero-order valence-corrected chi connectivity index (χ0v) is 18.5. The Labute approximate surface area is 190 Å². The predicted octanol–water partition coefficient (Wildman–Crippen LogP) is 5.80. The molecule has 0 aliphatic heterocycles. The highest BCUT2D eigenvalue weighted by Crippen LogP contribution is 2.36. The van der Waals surface area contributed by atoms with Gasteiger partial charge >= 0.3 is 6.18 Å². The van der Waals surface area contributed by atoms with Crippen LogP contribution < -0.4 is 5.32 Å². The molecule has 0 aliphatic carbocycles. The van der Waals surface area contributed by atoms with E-state index in [9.17, 15) is 18.0 Å². The maximum atomic E-state index is 13.3. The Morgan fingerprint density at radius 2 is 1.94 bits per heavy atom. The van der Waals surface area contributed by atoms with Crippen molar-refractivity contribution < 1.29 is 18.0 Å². The molecular formula is C21H17ClF3N5OS. The van der Waals surface area contributed by atoms with E-state index in [2.05, 4.69) is 20.5 Å². The zero-order valence-electron chi connectivity index (χ0n) is 16.9. The first-order chi connectivity index (χ1) is 15.1. The molecule has 0 fully saturated rings. The van der Waals surface area contributed by atoms with Crippen molar-refractivity contribution in [2.45, 2.75) is 31.0 Å². The SMILES string of the molecule is CC(C)c1nnc2c(SCC(=O)Nc3ccc(Cl)cc3C(F)(F)F)nc3ccccc3n12. The topological polar surface area (TPSA) is 72.2 Å². The summed E-state index contributed by atoms with van der Waals surface area (Å²) >= 11 is 6.77. The number of thioether (sulfide) groups is 1. The van der Waals surface area contributed by atoms with Gasteiger partial charge in [-0.15, -0.1) is 10.2 Å². The summed E-state index contributed by atoms with van der Waals surface area (Å²) < 4.78 is 41.7. The molecule has 0 saturated heterocycles. The Bertz CT molecular complexity index is 1320. The first-order valence-electron chi connectivity index (χ1n) is 9.58. The third kappa shape index (κ3) is 4.37. The molecule has 0 aliphatic rings. The van der Waals surface area contributed by atoms with E-state index in [-0.39, 0.29) is 22.4 Å². The molecule has 0 atom stereocenters. The lowest BCUT2D eigenvalue weighted by molar-refractivity contribution is -0.137. The van der Waals surface area contributed by atoms with Gasteiger partial charge in [-0.25, -0.2) is 4.98 Å². The fraction of sp³-hybridized carbons (Fsp3) is 0.238. The van der Waals surface area contributed by atoms with Crippen LogP contribution in [0.5, 0.6) is 0 Å². The van der Waals surface area contributed by atoms with Crippen molar-refractivity contribution in [3.05, 3.63) is 58.9 Å². The molecule has 0 saturated carbocycles. The van der Waals surface area contributed by atoms with Crippen LogP contribution in [0.15, 0.2) is 47.5 Å². The maximum absolute atomic E-state index is 13.3. The minimum absolute atomic E-state index is 0.0692. The Morgan fingerprint density at radius 3 is 2.66 bits per heavy atom. The third-order valence-corrected chi connectivity index (χ3v) is 5.83. The number of benzene rings is 2. The number of alkyl halides is 3. The van der Waals surface area contributed by atoms with Gasteiger partial charge in [-0.3, -0.25) is 9.20 Å². The Kier molecular flexibility index (Phi) is 6.00. The smallest absolute Gasteiger partial charge is 0.325 e. The van der Waals surface area contributed by atoms with Gasteiger partial charge < -0.3 is 5.32 Å². The molecule has 2 aromatic carbocycles. The summed E-state index contributed by atoms with van der Waals surface area (Å²) in [5.74, 6) is 0.0770. The van der Waals surface area contributed by atoms with Crippen LogP contribution in [0.2, 0.25) is 5.02 Å². The number of halogens is 4. The van der Waals surface area contributed by atoms with Crippen molar-refractivity contribution in [2.24, 2.45) is 0 Å². The van der Waals surface area contributed by atoms with Crippen LogP contribution in [0.3, 0.4) is 0 Å². The molecule has 1 amide bonds. The van der Waals surface area contributed by atoms with Gasteiger partial charge in [0.25, 0.3) is 0 Å². The van der Waals surface area contributed by atoms with Crippen LogP contribution in [-0.4, -0.2) is 31.2 Å². The molecule has 166 valence electrons. The monoisotopic (exact) mass is 479 g/mol. The van der Waals surface area contributed by atoms with Crippen molar-refractivity contribution in [1.82, 2.24) is 19.6 Å². The first kappa shape index (κ1) is 22.3. The molecule has 4 rings (SSSR count). The molecule has 0 bridgehead atoms. The highest BCUT2D eigenvalue weighted by Gasteiger charge is 2.34. The van der Waals surface area contributed by atoms with Crippen LogP contribution in [0.1, 0.15) is 31.2 Å². The second-order valence-corrected chi connectivity index (χ2v) is 8.70. The predicted molar refractivity (Wildman–Crippen MR) is 118 cm³/mol. The summed E-state index contributed by atoms with van der Waals surface area (Å²) in [5.41, 5.74) is 0.664. The summed E-state index contributed by atoms with van der Waals surface area (Å²) in [7, 11) is 0. The van der Waals surface area contributed by atoms with Gasteiger partial charge in [0.1, 0.15) is 10.9 Å². The molecule has 32 heavy (non-hydrogen) atoms. The van der Waals surface area contributed by atoms with Gasteiger partial charge in [-0.2, -0.15) is 13.2 Å². The quantitative estimate of drug-likeness (QED) is 0.366. The summed E-state index contributed by atoms with van der Waals surface area (Å²) in [6, 6.07) is 10.7. The van der Waals surface area contributed by atoms with Crippen molar-refractivity contribution in [3.63, 3.8) is 0 Å². The van der Waals surface area contributed by atoms with E-state index in [1.54, 1.807) is 0 Å². The molecule has 0 radical (unpaired) electrons. The lowest BCUT2D eigenvalue weighted by Crippen LogP contribution is -2.18. The van der Waals surface area contributed by atoms with Gasteiger partial charge in [-0.05, 0) is 30.3 Å². The molecule has 11 heteroatoms. The average Bonchev–Trinajstić information content (AvgIpc) is 3.18. The largest absolute Gasteiger partial charge is 0.418 e. The summed E-state index contributed by atoms with van der Waals surface area (Å²) in [6.07, 6.45) is -4.65. The second-order valence-electron chi connectivity index (χ2n) is 7.30. The van der Waals surface area contributed by atoms with Crippen LogP contribution in [0.25, 0.3) is 16.7 Å². The number of nitrogens with zero attached hydrogens (tertiary/aromatic N) is 4. The van der Waals surface area contributed by atoms with Crippen LogP contribution in [-0.2, 0) is 11.0 Å². The Balaban J connectivity index is 1.62. The number of rotatable bonds is 5. The highest BCUT2D eigenvalue weighted by molar-refractivity contribution is 8.00. The van der Waals surface area contributed by atoms with Gasteiger partial charge in [-0.1, -0.05) is 49.3 Å². The van der Waals surface area contributed by atoms with Crippen molar-refractivity contribution in [1.29, 1.82) is 0 Å². The molecule has 2 aromatic heterocycles. The van der Waals surface area contributed by atoms with Gasteiger partial charge in [0, 0.05) is 10.9 Å². The number of nitrogens with one attached hydrogen (secondary N) is 1. The second kappa shape index (κ2) is 8.59. The molecule has 4 aromatic rings. The van der Waals surface area contributed by atoms with Crippen molar-refractivity contribution in [2.75, 3.05) is 11.1 Å².